The molecule has 1 aliphatic rings. The molecule has 11 nitrogen and oxygen atoms in total. The maximum Gasteiger partial charge on any atom is 0.341 e. The fourth-order valence-electron chi connectivity index (χ4n) is 3.44. The number of para-hydroxylation sites is 1. The molecule has 2 aromatic rings. The van der Waals surface area contributed by atoms with E-state index in [1.54, 1.807) is 4.90 Å². The number of thioether (sulfide) groups is 1. The van der Waals surface area contributed by atoms with Crippen LogP contribution >= 0.6 is 11.8 Å². The molecular formula is C19H23N5O6S2. The lowest BCUT2D eigenvalue weighted by Gasteiger charge is -2.27. The van der Waals surface area contributed by atoms with Crippen LogP contribution in [-0.2, 0) is 10.0 Å². The first-order chi connectivity index (χ1) is 15.2. The summed E-state index contributed by atoms with van der Waals surface area (Å²) in [5, 5.41) is 21.2. The summed E-state index contributed by atoms with van der Waals surface area (Å²) in [6.45, 7) is 2.47. The number of hydrogen-bond acceptors (Lipinski definition) is 9. The molecule has 1 aliphatic heterocycles. The van der Waals surface area contributed by atoms with Gasteiger partial charge in [-0.1, -0.05) is 30.8 Å². The Hall–Kier alpha value is -2.77. The topological polar surface area (TPSA) is 156 Å². The third kappa shape index (κ3) is 5.34. The monoisotopic (exact) mass is 481 g/mol. The minimum absolute atomic E-state index is 0.0467. The maximum atomic E-state index is 12.7. The standard InChI is InChI=1S/C19H23N5O6S2/c1-2-10-31-19-20-12-14(18(25)26)17(22-19)23-9-5-6-13(23)11-21-32(29,30)16-8-4-3-7-15(16)24(27)28/h3-4,7-8,12-13,21H,2,5-6,9-11H2,1H3,(H,25,26). The second-order valence-corrected chi connectivity index (χ2v) is 9.91. The van der Waals surface area contributed by atoms with Gasteiger partial charge in [0.05, 0.1) is 4.92 Å². The van der Waals surface area contributed by atoms with E-state index in [0.717, 1.165) is 24.7 Å². The van der Waals surface area contributed by atoms with Crippen LogP contribution in [-0.4, -0.2) is 59.3 Å². The molecule has 0 radical (unpaired) electrons. The normalized spacial score (nSPS) is 16.3. The smallest absolute Gasteiger partial charge is 0.341 e. The summed E-state index contributed by atoms with van der Waals surface area (Å²) in [5.74, 6) is -0.137. The van der Waals surface area contributed by atoms with Crippen molar-refractivity contribution in [1.29, 1.82) is 0 Å². The second-order valence-electron chi connectivity index (χ2n) is 7.11. The molecule has 13 heteroatoms. The fraction of sp³-hybridized carbons (Fsp3) is 0.421. The SMILES string of the molecule is CCCSc1ncc(C(=O)O)c(N2CCCC2CNS(=O)(=O)c2ccccc2[N+](=O)[O-])n1. The van der Waals surface area contributed by atoms with Crippen LogP contribution < -0.4 is 9.62 Å². The van der Waals surface area contributed by atoms with Crippen molar-refractivity contribution in [1.82, 2.24) is 14.7 Å². The second kappa shape index (κ2) is 10.2. The van der Waals surface area contributed by atoms with Crippen LogP contribution in [0.5, 0.6) is 0 Å². The molecule has 172 valence electrons. The number of nitro groups is 1. The van der Waals surface area contributed by atoms with E-state index in [2.05, 4.69) is 14.7 Å². The number of carboxylic acids is 1. The minimum Gasteiger partial charge on any atom is -0.477 e. The highest BCUT2D eigenvalue weighted by molar-refractivity contribution is 7.99. The molecule has 0 spiro atoms. The first-order valence-electron chi connectivity index (χ1n) is 9.97. The van der Waals surface area contributed by atoms with Gasteiger partial charge in [0.2, 0.25) is 10.0 Å². The summed E-state index contributed by atoms with van der Waals surface area (Å²) in [6, 6.07) is 4.76. The summed E-state index contributed by atoms with van der Waals surface area (Å²) in [6.07, 6.45) is 3.51. The van der Waals surface area contributed by atoms with Gasteiger partial charge in [0, 0.05) is 37.1 Å². The molecule has 1 saturated heterocycles. The van der Waals surface area contributed by atoms with Crippen molar-refractivity contribution in [2.24, 2.45) is 0 Å². The summed E-state index contributed by atoms with van der Waals surface area (Å²) >= 11 is 1.42. The van der Waals surface area contributed by atoms with Crippen molar-refractivity contribution in [3.05, 3.63) is 46.1 Å². The number of sulfonamides is 1. The largest absolute Gasteiger partial charge is 0.477 e. The van der Waals surface area contributed by atoms with Crippen molar-refractivity contribution in [3.63, 3.8) is 0 Å². The Balaban J connectivity index is 1.84. The van der Waals surface area contributed by atoms with Gasteiger partial charge in [0.15, 0.2) is 10.1 Å². The number of aromatic nitrogens is 2. The number of nitro benzene ring substituents is 1. The molecular weight excluding hydrogens is 458 g/mol. The highest BCUT2D eigenvalue weighted by Gasteiger charge is 2.32. The Kier molecular flexibility index (Phi) is 7.64. The molecule has 0 bridgehead atoms. The number of hydrogen-bond donors (Lipinski definition) is 2. The number of nitrogens with one attached hydrogen (secondary N) is 1. The average molecular weight is 482 g/mol. The molecule has 1 unspecified atom stereocenters. The van der Waals surface area contributed by atoms with Gasteiger partial charge in [-0.25, -0.2) is 27.9 Å². The Morgan fingerprint density at radius 1 is 1.41 bits per heavy atom. The van der Waals surface area contributed by atoms with Gasteiger partial charge in [-0.2, -0.15) is 0 Å². The fourth-order valence-corrected chi connectivity index (χ4v) is 5.34. The van der Waals surface area contributed by atoms with Crippen LogP contribution in [0.1, 0.15) is 36.5 Å². The van der Waals surface area contributed by atoms with E-state index < -0.39 is 31.5 Å². The first-order valence-corrected chi connectivity index (χ1v) is 12.4. The minimum atomic E-state index is -4.15. The van der Waals surface area contributed by atoms with E-state index >= 15 is 0 Å². The van der Waals surface area contributed by atoms with Gasteiger partial charge in [0.1, 0.15) is 11.4 Å². The van der Waals surface area contributed by atoms with Crippen LogP contribution in [0.4, 0.5) is 11.5 Å². The molecule has 2 heterocycles. The van der Waals surface area contributed by atoms with E-state index in [-0.39, 0.29) is 24.0 Å². The molecule has 0 amide bonds. The van der Waals surface area contributed by atoms with Gasteiger partial charge in [0.25, 0.3) is 5.69 Å². The zero-order chi connectivity index (χ0) is 23.3. The van der Waals surface area contributed by atoms with E-state index in [0.29, 0.717) is 18.1 Å². The summed E-state index contributed by atoms with van der Waals surface area (Å²) < 4.78 is 27.9. The number of nitrogens with zero attached hydrogens (tertiary/aromatic N) is 4. The quantitative estimate of drug-likeness (QED) is 0.224. The predicted octanol–water partition coefficient (Wildman–Crippen LogP) is 2.53. The third-order valence-corrected chi connectivity index (χ3v) is 7.46. The van der Waals surface area contributed by atoms with Crippen molar-refractivity contribution >= 4 is 39.3 Å². The first kappa shape index (κ1) is 23.9. The lowest BCUT2D eigenvalue weighted by molar-refractivity contribution is -0.387. The highest BCUT2D eigenvalue weighted by Crippen LogP contribution is 2.29. The molecule has 0 aliphatic carbocycles. The zero-order valence-corrected chi connectivity index (χ0v) is 18.9. The summed E-state index contributed by atoms with van der Waals surface area (Å²) in [7, 11) is -4.15. The van der Waals surface area contributed by atoms with Crippen molar-refractivity contribution < 1.29 is 23.2 Å². The predicted molar refractivity (Wildman–Crippen MR) is 119 cm³/mol. The average Bonchev–Trinajstić information content (AvgIpc) is 3.24. The van der Waals surface area contributed by atoms with Crippen molar-refractivity contribution in [2.75, 3.05) is 23.7 Å². The Labute approximate surface area is 189 Å². The van der Waals surface area contributed by atoms with Gasteiger partial charge < -0.3 is 10.0 Å². The van der Waals surface area contributed by atoms with E-state index in [4.69, 9.17) is 0 Å². The molecule has 1 fully saturated rings. The zero-order valence-electron chi connectivity index (χ0n) is 17.3. The summed E-state index contributed by atoms with van der Waals surface area (Å²) in [5.41, 5.74) is -0.566. The lowest BCUT2D eigenvalue weighted by Crippen LogP contribution is -2.41. The van der Waals surface area contributed by atoms with Crippen molar-refractivity contribution in [2.45, 2.75) is 42.3 Å². The van der Waals surface area contributed by atoms with Crippen LogP contribution in [0.2, 0.25) is 0 Å². The molecule has 2 N–H and O–H groups in total. The number of rotatable bonds is 10. The van der Waals surface area contributed by atoms with Crippen LogP contribution in [0.3, 0.4) is 0 Å². The number of benzene rings is 1. The number of carbonyl (C=O) groups is 1. The third-order valence-electron chi connectivity index (χ3n) is 4.92. The number of anilines is 1. The maximum absolute atomic E-state index is 12.7. The van der Waals surface area contributed by atoms with Gasteiger partial charge >= 0.3 is 5.97 Å². The van der Waals surface area contributed by atoms with Crippen LogP contribution in [0.25, 0.3) is 0 Å². The highest BCUT2D eigenvalue weighted by atomic mass is 32.2. The summed E-state index contributed by atoms with van der Waals surface area (Å²) in [4.78, 5) is 32.1. The van der Waals surface area contributed by atoms with Gasteiger partial charge in [-0.3, -0.25) is 10.1 Å². The van der Waals surface area contributed by atoms with E-state index in [9.17, 15) is 28.4 Å². The van der Waals surface area contributed by atoms with Crippen molar-refractivity contribution in [3.8, 4) is 0 Å². The van der Waals surface area contributed by atoms with Gasteiger partial charge in [-0.05, 0) is 25.3 Å². The molecule has 3 rings (SSSR count). The van der Waals surface area contributed by atoms with Crippen LogP contribution in [0, 0.1) is 10.1 Å². The number of carboxylic acid groups (broad SMARTS) is 1. The molecule has 1 aromatic carbocycles. The Morgan fingerprint density at radius 3 is 2.84 bits per heavy atom. The lowest BCUT2D eigenvalue weighted by atomic mass is 10.2. The van der Waals surface area contributed by atoms with E-state index in [1.165, 1.54) is 36.2 Å². The van der Waals surface area contributed by atoms with E-state index in [1.807, 2.05) is 6.92 Å². The molecule has 1 atom stereocenters. The Bertz CT molecular complexity index is 1110. The molecule has 0 saturated carbocycles. The van der Waals surface area contributed by atoms with Gasteiger partial charge in [-0.15, -0.1) is 0 Å². The molecule has 32 heavy (non-hydrogen) atoms. The molecule has 1 aromatic heterocycles. The number of aromatic carboxylic acids is 1. The Morgan fingerprint density at radius 2 is 2.16 bits per heavy atom. The van der Waals surface area contributed by atoms with Crippen LogP contribution in [0.15, 0.2) is 40.5 Å².